The Bertz CT molecular complexity index is 780. The first-order valence-electron chi connectivity index (χ1n) is 9.35. The van der Waals surface area contributed by atoms with Crippen molar-refractivity contribution < 1.29 is 14.3 Å². The third-order valence-corrected chi connectivity index (χ3v) is 6.65. The van der Waals surface area contributed by atoms with E-state index in [0.717, 1.165) is 29.0 Å². The van der Waals surface area contributed by atoms with Gasteiger partial charge in [-0.25, -0.2) is 4.79 Å². The number of hydrogen-bond acceptors (Lipinski definition) is 5. The molecule has 0 bridgehead atoms. The van der Waals surface area contributed by atoms with Crippen LogP contribution < -0.4 is 5.32 Å². The summed E-state index contributed by atoms with van der Waals surface area (Å²) in [5.74, 6) is -0.222. The summed E-state index contributed by atoms with van der Waals surface area (Å²) < 4.78 is 5.52. The fraction of sp³-hybridized carbons (Fsp3) is 0.429. The Morgan fingerprint density at radius 1 is 1.19 bits per heavy atom. The van der Waals surface area contributed by atoms with Gasteiger partial charge in [-0.1, -0.05) is 31.9 Å². The Kier molecular flexibility index (Phi) is 6.85. The summed E-state index contributed by atoms with van der Waals surface area (Å²) in [5.41, 5.74) is 0.484. The first kappa shape index (κ1) is 19.8. The van der Waals surface area contributed by atoms with Gasteiger partial charge >= 0.3 is 5.97 Å². The Morgan fingerprint density at radius 2 is 1.93 bits per heavy atom. The van der Waals surface area contributed by atoms with E-state index in [2.05, 4.69) is 12.2 Å². The quantitative estimate of drug-likeness (QED) is 0.547. The lowest BCUT2D eigenvalue weighted by atomic mass is 9.86. The topological polar surface area (TPSA) is 55.4 Å². The summed E-state index contributed by atoms with van der Waals surface area (Å²) in [6.07, 6.45) is 5.48. The minimum absolute atomic E-state index is 0.172. The highest BCUT2D eigenvalue weighted by Crippen LogP contribution is 2.27. The molecular weight excluding hydrogens is 378 g/mol. The van der Waals surface area contributed by atoms with Gasteiger partial charge in [-0.2, -0.15) is 0 Å². The number of thiophene rings is 2. The Labute approximate surface area is 168 Å². The lowest BCUT2D eigenvalue weighted by Gasteiger charge is -2.30. The Balaban J connectivity index is 1.67. The molecule has 2 heterocycles. The van der Waals surface area contributed by atoms with Crippen molar-refractivity contribution in [1.29, 1.82) is 0 Å². The zero-order chi connectivity index (χ0) is 19.2. The van der Waals surface area contributed by atoms with Crippen molar-refractivity contribution in [2.45, 2.75) is 51.7 Å². The van der Waals surface area contributed by atoms with Gasteiger partial charge in [0.1, 0.15) is 0 Å². The Hall–Kier alpha value is -1.92. The number of carbonyl (C=O) groups excluding carboxylic acids is 2. The summed E-state index contributed by atoms with van der Waals surface area (Å²) in [6.45, 7) is 3.80. The second-order valence-electron chi connectivity index (χ2n) is 6.98. The van der Waals surface area contributed by atoms with E-state index in [1.807, 2.05) is 41.1 Å². The van der Waals surface area contributed by atoms with Gasteiger partial charge < -0.3 is 10.1 Å². The third kappa shape index (κ3) is 5.30. The van der Waals surface area contributed by atoms with Gasteiger partial charge in [-0.3, -0.25) is 4.79 Å². The second kappa shape index (κ2) is 9.33. The molecule has 1 amide bonds. The number of hydrogen-bond donors (Lipinski definition) is 1. The molecule has 2 aromatic rings. The van der Waals surface area contributed by atoms with Crippen molar-refractivity contribution in [3.63, 3.8) is 0 Å². The lowest BCUT2D eigenvalue weighted by molar-refractivity contribution is -0.149. The number of nitrogens with one attached hydrogen (secondary N) is 1. The summed E-state index contributed by atoms with van der Waals surface area (Å²) in [5, 5.41) is 6.95. The molecule has 0 unspecified atom stereocenters. The molecule has 1 aliphatic rings. The van der Waals surface area contributed by atoms with E-state index in [9.17, 15) is 9.59 Å². The molecule has 1 saturated carbocycles. The predicted molar refractivity (Wildman–Crippen MR) is 112 cm³/mol. The van der Waals surface area contributed by atoms with Crippen LogP contribution in [0.1, 0.15) is 49.3 Å². The second-order valence-corrected chi connectivity index (χ2v) is 8.90. The molecule has 0 aliphatic heterocycles. The number of esters is 1. The molecule has 27 heavy (non-hydrogen) atoms. The molecule has 144 valence electrons. The molecule has 4 nitrogen and oxygen atoms in total. The monoisotopic (exact) mass is 403 g/mol. The first-order valence-corrected chi connectivity index (χ1v) is 11.1. The zero-order valence-electron chi connectivity index (χ0n) is 15.6. The SMILES string of the molecule is C[C@@H]1CCCC[C@@H]1NC(=O)[C@@H](C)OC(=O)/C(=C/c1cccs1)c1cccs1. The third-order valence-electron chi connectivity index (χ3n) is 4.93. The van der Waals surface area contributed by atoms with E-state index >= 15 is 0 Å². The maximum Gasteiger partial charge on any atom is 0.340 e. The number of carbonyl (C=O) groups is 2. The van der Waals surface area contributed by atoms with Crippen molar-refractivity contribution in [3.05, 3.63) is 44.8 Å². The summed E-state index contributed by atoms with van der Waals surface area (Å²) in [6, 6.07) is 7.85. The van der Waals surface area contributed by atoms with Crippen LogP contribution in [-0.4, -0.2) is 24.0 Å². The smallest absolute Gasteiger partial charge is 0.340 e. The number of amides is 1. The molecule has 2 aromatic heterocycles. The van der Waals surface area contributed by atoms with Gasteiger partial charge in [0.25, 0.3) is 5.91 Å². The van der Waals surface area contributed by atoms with Gasteiger partial charge in [0.15, 0.2) is 6.10 Å². The maximum absolute atomic E-state index is 12.8. The Morgan fingerprint density at radius 3 is 2.59 bits per heavy atom. The van der Waals surface area contributed by atoms with Crippen LogP contribution in [0.5, 0.6) is 0 Å². The standard InChI is InChI=1S/C21H25NO3S2/c1-14-7-3-4-9-18(14)22-20(23)15(2)25-21(24)17(19-10-6-12-27-19)13-16-8-5-11-26-16/h5-6,8,10-15,18H,3-4,7,9H2,1-2H3,(H,22,23)/b17-13+/t14-,15-,18+/m1/s1. The molecule has 3 atom stereocenters. The fourth-order valence-electron chi connectivity index (χ4n) is 3.29. The largest absolute Gasteiger partial charge is 0.449 e. The highest BCUT2D eigenvalue weighted by molar-refractivity contribution is 7.12. The lowest BCUT2D eigenvalue weighted by Crippen LogP contribution is -2.46. The first-order chi connectivity index (χ1) is 13.0. The van der Waals surface area contributed by atoms with E-state index < -0.39 is 12.1 Å². The van der Waals surface area contributed by atoms with Gasteiger partial charge in [0, 0.05) is 15.8 Å². The van der Waals surface area contributed by atoms with Crippen LogP contribution in [0.15, 0.2) is 35.0 Å². The number of rotatable bonds is 6. The van der Waals surface area contributed by atoms with Crippen molar-refractivity contribution in [1.82, 2.24) is 5.32 Å². The minimum atomic E-state index is -0.821. The average Bonchev–Trinajstić information content (AvgIpc) is 3.35. The van der Waals surface area contributed by atoms with E-state index in [0.29, 0.717) is 11.5 Å². The molecular formula is C21H25NO3S2. The van der Waals surface area contributed by atoms with Crippen molar-refractivity contribution in [2.24, 2.45) is 5.92 Å². The molecule has 3 rings (SSSR count). The molecule has 6 heteroatoms. The molecule has 1 N–H and O–H groups in total. The summed E-state index contributed by atoms with van der Waals surface area (Å²) in [7, 11) is 0. The fourth-order valence-corrected chi connectivity index (χ4v) is 4.67. The van der Waals surface area contributed by atoms with Crippen molar-refractivity contribution in [2.75, 3.05) is 0 Å². The molecule has 0 spiro atoms. The van der Waals surface area contributed by atoms with E-state index in [1.165, 1.54) is 17.8 Å². The van der Waals surface area contributed by atoms with Gasteiger partial charge in [-0.05, 0) is 54.7 Å². The van der Waals surface area contributed by atoms with E-state index in [4.69, 9.17) is 4.74 Å². The molecule has 1 aliphatic carbocycles. The minimum Gasteiger partial charge on any atom is -0.449 e. The van der Waals surface area contributed by atoms with Crippen LogP contribution in [0.3, 0.4) is 0 Å². The molecule has 0 radical (unpaired) electrons. The highest BCUT2D eigenvalue weighted by atomic mass is 32.1. The van der Waals surface area contributed by atoms with Gasteiger partial charge in [0.05, 0.1) is 5.57 Å². The van der Waals surface area contributed by atoms with Gasteiger partial charge in [-0.15, -0.1) is 22.7 Å². The van der Waals surface area contributed by atoms with Crippen LogP contribution in [0.4, 0.5) is 0 Å². The molecule has 0 saturated heterocycles. The van der Waals surface area contributed by atoms with E-state index in [1.54, 1.807) is 18.3 Å². The summed E-state index contributed by atoms with van der Waals surface area (Å²) >= 11 is 3.04. The number of ether oxygens (including phenoxy) is 1. The zero-order valence-corrected chi connectivity index (χ0v) is 17.3. The predicted octanol–water partition coefficient (Wildman–Crippen LogP) is 4.98. The van der Waals surface area contributed by atoms with Crippen molar-refractivity contribution >= 4 is 46.2 Å². The van der Waals surface area contributed by atoms with E-state index in [-0.39, 0.29) is 11.9 Å². The maximum atomic E-state index is 12.8. The van der Waals surface area contributed by atoms with Crippen molar-refractivity contribution in [3.8, 4) is 0 Å². The molecule has 0 aromatic carbocycles. The molecule has 1 fully saturated rings. The van der Waals surface area contributed by atoms with Crippen LogP contribution in [0, 0.1) is 5.92 Å². The average molecular weight is 404 g/mol. The van der Waals surface area contributed by atoms with Gasteiger partial charge in [0.2, 0.25) is 0 Å². The van der Waals surface area contributed by atoms with Crippen LogP contribution in [0.25, 0.3) is 11.6 Å². The van der Waals surface area contributed by atoms with Crippen LogP contribution in [0.2, 0.25) is 0 Å². The normalized spacial score (nSPS) is 21.5. The van der Waals surface area contributed by atoms with Crippen LogP contribution in [-0.2, 0) is 14.3 Å². The highest BCUT2D eigenvalue weighted by Gasteiger charge is 2.27. The van der Waals surface area contributed by atoms with Crippen LogP contribution >= 0.6 is 22.7 Å². The summed E-state index contributed by atoms with van der Waals surface area (Å²) in [4.78, 5) is 27.1.